The molecule has 0 aliphatic carbocycles. The molecule has 0 saturated carbocycles. The molecule has 3 aromatic rings. The first-order valence-electron chi connectivity index (χ1n) is 5.00. The van der Waals surface area contributed by atoms with E-state index in [9.17, 15) is 4.79 Å². The van der Waals surface area contributed by atoms with Gasteiger partial charge in [-0.05, 0) is 0 Å². The van der Waals surface area contributed by atoms with Crippen LogP contribution < -0.4 is 5.32 Å². The van der Waals surface area contributed by atoms with Crippen molar-refractivity contribution in [1.29, 1.82) is 0 Å². The van der Waals surface area contributed by atoms with Gasteiger partial charge in [-0.3, -0.25) is 4.79 Å². The smallest absolute Gasteiger partial charge is 0.273 e. The topological polar surface area (TPSA) is 73.2 Å². The van der Waals surface area contributed by atoms with Gasteiger partial charge in [-0.2, -0.15) is 0 Å². The second-order valence-electron chi connectivity index (χ2n) is 3.60. The number of hydrogen-bond acceptors (Lipinski definition) is 4. The van der Waals surface area contributed by atoms with Gasteiger partial charge in [-0.1, -0.05) is 5.16 Å². The lowest BCUT2D eigenvalue weighted by Crippen LogP contribution is -2.15. The number of aryl methyl sites for hydroxylation is 1. The molecule has 0 spiro atoms. The molecule has 0 radical (unpaired) electrons. The lowest BCUT2D eigenvalue weighted by Gasteiger charge is -2.02. The number of aromatic nitrogens is 2. The zero-order chi connectivity index (χ0) is 11.8. The van der Waals surface area contributed by atoms with E-state index in [-0.39, 0.29) is 5.91 Å². The number of amides is 1. The Labute approximate surface area is 95.8 Å². The van der Waals surface area contributed by atoms with Crippen LogP contribution in [0.25, 0.3) is 11.1 Å². The van der Waals surface area contributed by atoms with Crippen LogP contribution in [0.15, 0.2) is 39.7 Å². The molecule has 0 bridgehead atoms. The molecule has 6 nitrogen and oxygen atoms in total. The van der Waals surface area contributed by atoms with Crippen molar-refractivity contribution in [3.8, 4) is 0 Å². The first-order chi connectivity index (χ1) is 8.25. The molecule has 0 aliphatic heterocycles. The van der Waals surface area contributed by atoms with Crippen LogP contribution in [0, 0.1) is 0 Å². The summed E-state index contributed by atoms with van der Waals surface area (Å²) in [7, 11) is 1.80. The molecule has 0 saturated heterocycles. The summed E-state index contributed by atoms with van der Waals surface area (Å²) in [4.78, 5) is 11.9. The molecule has 1 N–H and O–H groups in total. The van der Waals surface area contributed by atoms with Gasteiger partial charge in [0.2, 0.25) is 0 Å². The maximum Gasteiger partial charge on any atom is 0.273 e. The highest BCUT2D eigenvalue weighted by atomic mass is 16.5. The fourth-order valence-corrected chi connectivity index (χ4v) is 1.73. The van der Waals surface area contributed by atoms with Gasteiger partial charge in [0.15, 0.2) is 11.4 Å². The number of hydrogen-bond donors (Lipinski definition) is 1. The number of rotatable bonds is 2. The van der Waals surface area contributed by atoms with Gasteiger partial charge >= 0.3 is 0 Å². The second-order valence-corrected chi connectivity index (χ2v) is 3.60. The highest BCUT2D eigenvalue weighted by Crippen LogP contribution is 2.20. The van der Waals surface area contributed by atoms with Crippen LogP contribution in [0.4, 0.5) is 5.82 Å². The normalized spacial score (nSPS) is 10.9. The van der Waals surface area contributed by atoms with Crippen LogP contribution in [0.3, 0.4) is 0 Å². The monoisotopic (exact) mass is 231 g/mol. The minimum Gasteiger partial charge on any atom is -0.463 e. The van der Waals surface area contributed by atoms with Crippen molar-refractivity contribution in [3.63, 3.8) is 0 Å². The minimum absolute atomic E-state index is 0.257. The zero-order valence-electron chi connectivity index (χ0n) is 9.01. The lowest BCUT2D eigenvalue weighted by molar-refractivity contribution is 0.101. The summed E-state index contributed by atoms with van der Waals surface area (Å²) in [5, 5.41) is 6.24. The van der Waals surface area contributed by atoms with Gasteiger partial charge in [0.1, 0.15) is 12.0 Å². The van der Waals surface area contributed by atoms with E-state index in [1.165, 1.54) is 6.26 Å². The number of carbonyl (C=O) groups excluding carboxylic acids is 1. The first-order valence-corrected chi connectivity index (χ1v) is 5.00. The van der Waals surface area contributed by atoms with Crippen molar-refractivity contribution in [3.05, 3.63) is 36.4 Å². The number of carbonyl (C=O) groups is 1. The number of fused-ring (bicyclic) bond motifs is 1. The summed E-state index contributed by atoms with van der Waals surface area (Å²) in [6.07, 6.45) is 2.98. The maximum absolute atomic E-state index is 11.9. The van der Waals surface area contributed by atoms with Gasteiger partial charge in [-0.15, -0.1) is 0 Å². The fraction of sp³-hybridized carbons (Fsp3) is 0.0909. The molecule has 6 heteroatoms. The molecule has 0 atom stereocenters. The molecule has 0 aromatic carbocycles. The van der Waals surface area contributed by atoms with Gasteiger partial charge in [-0.25, -0.2) is 0 Å². The predicted octanol–water partition coefficient (Wildman–Crippen LogP) is 2.01. The summed E-state index contributed by atoms with van der Waals surface area (Å²) >= 11 is 0. The highest BCUT2D eigenvalue weighted by molar-refractivity contribution is 6.05. The number of anilines is 1. The van der Waals surface area contributed by atoms with E-state index in [0.717, 1.165) is 5.52 Å². The fourth-order valence-electron chi connectivity index (χ4n) is 1.73. The Morgan fingerprint density at radius 3 is 3.00 bits per heavy atom. The zero-order valence-corrected chi connectivity index (χ0v) is 9.01. The van der Waals surface area contributed by atoms with Crippen LogP contribution in [0.2, 0.25) is 0 Å². The predicted molar refractivity (Wildman–Crippen MR) is 59.6 cm³/mol. The first kappa shape index (κ1) is 9.71. The highest BCUT2D eigenvalue weighted by Gasteiger charge is 2.15. The average molecular weight is 231 g/mol. The SMILES string of the molecule is Cn1c(C(=O)Nc2ccon2)cc2occc21. The van der Waals surface area contributed by atoms with Crippen LogP contribution in [-0.2, 0) is 7.05 Å². The van der Waals surface area contributed by atoms with Crippen molar-refractivity contribution in [2.24, 2.45) is 7.05 Å². The molecule has 3 aromatic heterocycles. The third-order valence-electron chi connectivity index (χ3n) is 2.58. The quantitative estimate of drug-likeness (QED) is 0.732. The maximum atomic E-state index is 11.9. The van der Waals surface area contributed by atoms with Crippen molar-refractivity contribution >= 4 is 22.8 Å². The number of nitrogens with one attached hydrogen (secondary N) is 1. The molecule has 0 fully saturated rings. The van der Waals surface area contributed by atoms with Crippen molar-refractivity contribution < 1.29 is 13.7 Å². The molecule has 0 aliphatic rings. The van der Waals surface area contributed by atoms with E-state index >= 15 is 0 Å². The third-order valence-corrected chi connectivity index (χ3v) is 2.58. The van der Waals surface area contributed by atoms with Crippen molar-refractivity contribution in [1.82, 2.24) is 9.72 Å². The summed E-state index contributed by atoms with van der Waals surface area (Å²) < 4.78 is 11.6. The van der Waals surface area contributed by atoms with Gasteiger partial charge in [0, 0.05) is 25.2 Å². The number of furan rings is 1. The number of nitrogens with zero attached hydrogens (tertiary/aromatic N) is 2. The summed E-state index contributed by atoms with van der Waals surface area (Å²) in [5.74, 6) is 0.126. The molecule has 17 heavy (non-hydrogen) atoms. The van der Waals surface area contributed by atoms with E-state index < -0.39 is 0 Å². The average Bonchev–Trinajstić information content (AvgIpc) is 2.97. The molecule has 3 rings (SSSR count). The Bertz CT molecular complexity index is 663. The molecule has 3 heterocycles. The molecular weight excluding hydrogens is 222 g/mol. The van der Waals surface area contributed by atoms with Crippen molar-refractivity contribution in [2.45, 2.75) is 0 Å². The van der Waals surface area contributed by atoms with Crippen LogP contribution >= 0.6 is 0 Å². The van der Waals surface area contributed by atoms with E-state index in [2.05, 4.69) is 15.0 Å². The van der Waals surface area contributed by atoms with Gasteiger partial charge < -0.3 is 18.8 Å². The summed E-state index contributed by atoms with van der Waals surface area (Å²) in [6.45, 7) is 0. The largest absolute Gasteiger partial charge is 0.463 e. The summed E-state index contributed by atoms with van der Waals surface area (Å²) in [6, 6.07) is 5.07. The molecular formula is C11H9N3O3. The van der Waals surface area contributed by atoms with E-state index in [1.807, 2.05) is 6.07 Å². The molecule has 86 valence electrons. The molecule has 1 amide bonds. The van der Waals surface area contributed by atoms with Crippen LogP contribution in [-0.4, -0.2) is 15.6 Å². The third kappa shape index (κ3) is 1.50. The van der Waals surface area contributed by atoms with Crippen LogP contribution in [0.1, 0.15) is 10.5 Å². The summed E-state index contributed by atoms with van der Waals surface area (Å²) in [5.41, 5.74) is 2.05. The minimum atomic E-state index is -0.257. The van der Waals surface area contributed by atoms with E-state index in [4.69, 9.17) is 4.42 Å². The standard InChI is InChI=1S/C11H9N3O3/c1-14-7-2-4-16-9(7)6-8(14)11(15)12-10-3-5-17-13-10/h2-6H,1H3,(H,12,13,15). The second kappa shape index (κ2) is 3.51. The Kier molecular flexibility index (Phi) is 2.01. The Morgan fingerprint density at radius 2 is 2.29 bits per heavy atom. The van der Waals surface area contributed by atoms with Crippen molar-refractivity contribution in [2.75, 3.05) is 5.32 Å². The Balaban J connectivity index is 1.95. The Morgan fingerprint density at radius 1 is 1.41 bits per heavy atom. The van der Waals surface area contributed by atoms with E-state index in [1.54, 1.807) is 30.0 Å². The van der Waals surface area contributed by atoms with Crippen LogP contribution in [0.5, 0.6) is 0 Å². The van der Waals surface area contributed by atoms with E-state index in [0.29, 0.717) is 17.1 Å². The Hall–Kier alpha value is -2.50. The lowest BCUT2D eigenvalue weighted by atomic mass is 10.4. The van der Waals surface area contributed by atoms with Gasteiger partial charge in [0.05, 0.1) is 11.8 Å². The molecule has 0 unspecified atom stereocenters. The van der Waals surface area contributed by atoms with Gasteiger partial charge in [0.25, 0.3) is 5.91 Å².